The smallest absolute Gasteiger partial charge is 0.444 e. The molecule has 1 heterocycles. The minimum Gasteiger partial charge on any atom is -0.444 e. The summed E-state index contributed by atoms with van der Waals surface area (Å²) < 4.78 is 0. The van der Waals surface area contributed by atoms with Gasteiger partial charge in [-0.2, -0.15) is 0 Å². The number of hydrogen-bond donors (Lipinski definition) is 1. The van der Waals surface area contributed by atoms with Gasteiger partial charge in [-0.1, -0.05) is 12.1 Å². The molecule has 1 aromatic heterocycles. The van der Waals surface area contributed by atoms with E-state index in [0.717, 1.165) is 16.4 Å². The molecule has 0 aliphatic heterocycles. The molecule has 13 heavy (non-hydrogen) atoms. The number of para-hydroxylation sites is 2. The van der Waals surface area contributed by atoms with Gasteiger partial charge in [0.05, 0.1) is 17.4 Å². The Labute approximate surface area is 96.4 Å². The summed E-state index contributed by atoms with van der Waals surface area (Å²) in [6, 6.07) is 7.94. The van der Waals surface area contributed by atoms with E-state index in [4.69, 9.17) is 10.1 Å². The van der Waals surface area contributed by atoms with E-state index >= 15 is 0 Å². The van der Waals surface area contributed by atoms with Crippen LogP contribution in [0.15, 0.2) is 35.9 Å². The molecule has 0 saturated heterocycles. The van der Waals surface area contributed by atoms with Gasteiger partial charge in [0.25, 0.3) is 0 Å². The molecule has 5 nitrogen and oxygen atoms in total. The maximum atomic E-state index is 8.00. The molecule has 0 saturated carbocycles. The first-order chi connectivity index (χ1) is 5.88. The van der Waals surface area contributed by atoms with Gasteiger partial charge in [0.15, 0.2) is 0 Å². The maximum absolute atomic E-state index is 8.00. The molecule has 0 bridgehead atoms. The SMILES string of the molecule is O=N[O-].[Na+].c1ccc2[nH]cnc2c1. The molecule has 0 amide bonds. The van der Waals surface area contributed by atoms with Gasteiger partial charge in [-0.25, -0.2) is 4.98 Å². The van der Waals surface area contributed by atoms with Crippen LogP contribution >= 0.6 is 0 Å². The van der Waals surface area contributed by atoms with Gasteiger partial charge >= 0.3 is 29.6 Å². The summed E-state index contributed by atoms with van der Waals surface area (Å²) in [5, 5.41) is 9.00. The zero-order valence-corrected chi connectivity index (χ0v) is 9.10. The van der Waals surface area contributed by atoms with E-state index in [1.54, 1.807) is 6.33 Å². The van der Waals surface area contributed by atoms with Crippen molar-refractivity contribution < 1.29 is 29.6 Å². The molecule has 0 fully saturated rings. The zero-order chi connectivity index (χ0) is 8.81. The van der Waals surface area contributed by atoms with Crippen molar-refractivity contribution in [1.82, 2.24) is 9.97 Å². The number of benzene rings is 1. The quantitative estimate of drug-likeness (QED) is 0.320. The largest absolute Gasteiger partial charge is 1.00 e. The molecular formula is C7H6N3NaO2. The zero-order valence-electron chi connectivity index (χ0n) is 7.10. The van der Waals surface area contributed by atoms with Gasteiger partial charge in [-0.05, 0) is 12.1 Å². The molecule has 2 rings (SSSR count). The molecule has 6 heteroatoms. The Morgan fingerprint density at radius 1 is 1.38 bits per heavy atom. The summed E-state index contributed by atoms with van der Waals surface area (Å²) in [5.74, 6) is 0. The number of fused-ring (bicyclic) bond motifs is 1. The Morgan fingerprint density at radius 3 is 2.62 bits per heavy atom. The van der Waals surface area contributed by atoms with Crippen molar-refractivity contribution in [3.8, 4) is 0 Å². The molecule has 62 valence electrons. The summed E-state index contributed by atoms with van der Waals surface area (Å²) >= 11 is 0. The van der Waals surface area contributed by atoms with Gasteiger partial charge in [-0.3, -0.25) is 0 Å². The normalized spacial score (nSPS) is 8.00. The Bertz CT molecular complexity index is 333. The number of aromatic nitrogens is 2. The van der Waals surface area contributed by atoms with Crippen LogP contribution in [0.25, 0.3) is 11.0 Å². The molecule has 1 N–H and O–H groups in total. The summed E-state index contributed by atoms with van der Waals surface area (Å²) in [7, 11) is 0. The first kappa shape index (κ1) is 12.1. The van der Waals surface area contributed by atoms with Crippen LogP contribution in [-0.4, -0.2) is 9.97 Å². The first-order valence-electron chi connectivity index (χ1n) is 3.21. The maximum Gasteiger partial charge on any atom is 1.00 e. The van der Waals surface area contributed by atoms with Crippen molar-refractivity contribution in [2.75, 3.05) is 0 Å². The van der Waals surface area contributed by atoms with Gasteiger partial charge in [0, 0.05) is 0 Å². The van der Waals surface area contributed by atoms with Crippen LogP contribution in [0.3, 0.4) is 0 Å². The van der Waals surface area contributed by atoms with E-state index in [2.05, 4.69) is 9.97 Å². The third kappa shape index (κ3) is 3.54. The second-order valence-corrected chi connectivity index (χ2v) is 1.99. The summed E-state index contributed by atoms with van der Waals surface area (Å²) in [6.45, 7) is 0. The standard InChI is InChI=1S/C7H6N2.HNO2.Na/c1-2-4-7-6(3-1)8-5-9-7;2-1-3;/h1-5H,(H,8,9);(H,2,3);/q;;+1/p-1. The van der Waals surface area contributed by atoms with Crippen LogP contribution in [0.1, 0.15) is 0 Å². The van der Waals surface area contributed by atoms with Crippen molar-refractivity contribution >= 4 is 11.0 Å². The third-order valence-corrected chi connectivity index (χ3v) is 1.33. The monoisotopic (exact) mass is 187 g/mol. The minimum atomic E-state index is 0. The molecule has 0 atom stereocenters. The van der Waals surface area contributed by atoms with Crippen molar-refractivity contribution in [3.63, 3.8) is 0 Å². The van der Waals surface area contributed by atoms with Crippen LogP contribution in [0.5, 0.6) is 0 Å². The predicted octanol–water partition coefficient (Wildman–Crippen LogP) is -1.18. The van der Waals surface area contributed by atoms with E-state index in [-0.39, 0.29) is 29.6 Å². The van der Waals surface area contributed by atoms with Crippen LogP contribution in [-0.2, 0) is 0 Å². The van der Waals surface area contributed by atoms with Gasteiger partial charge in [0.1, 0.15) is 0 Å². The first-order valence-corrected chi connectivity index (χ1v) is 3.21. The fourth-order valence-electron chi connectivity index (χ4n) is 0.880. The Balaban J connectivity index is 0.000000324. The Kier molecular flexibility index (Phi) is 6.13. The van der Waals surface area contributed by atoms with Crippen LogP contribution in [0.4, 0.5) is 0 Å². The van der Waals surface area contributed by atoms with Crippen LogP contribution < -0.4 is 29.6 Å². The average Bonchev–Trinajstić information content (AvgIpc) is 2.52. The van der Waals surface area contributed by atoms with E-state index in [0.29, 0.717) is 0 Å². The van der Waals surface area contributed by atoms with Gasteiger partial charge < -0.3 is 15.1 Å². The van der Waals surface area contributed by atoms with Gasteiger partial charge in [-0.15, -0.1) is 5.34 Å². The number of hydrogen-bond acceptors (Lipinski definition) is 4. The number of imidazole rings is 1. The second-order valence-electron chi connectivity index (χ2n) is 1.99. The van der Waals surface area contributed by atoms with E-state index in [9.17, 15) is 0 Å². The van der Waals surface area contributed by atoms with E-state index < -0.39 is 0 Å². The minimum absolute atomic E-state index is 0. The number of rotatable bonds is 0. The van der Waals surface area contributed by atoms with Crippen molar-refractivity contribution in [1.29, 1.82) is 0 Å². The molecule has 2 aromatic rings. The van der Waals surface area contributed by atoms with Gasteiger partial charge in [0.2, 0.25) is 0 Å². The Hall–Kier alpha value is -0.910. The number of nitrogens with zero attached hydrogens (tertiary/aromatic N) is 2. The topological polar surface area (TPSA) is 81.2 Å². The van der Waals surface area contributed by atoms with Crippen molar-refractivity contribution in [2.24, 2.45) is 5.34 Å². The van der Waals surface area contributed by atoms with Crippen molar-refractivity contribution in [2.45, 2.75) is 0 Å². The molecule has 0 aliphatic rings. The average molecular weight is 187 g/mol. The molecule has 1 aromatic carbocycles. The predicted molar refractivity (Wildman–Crippen MR) is 45.3 cm³/mol. The van der Waals surface area contributed by atoms with Crippen molar-refractivity contribution in [3.05, 3.63) is 40.7 Å². The number of aromatic amines is 1. The summed E-state index contributed by atoms with van der Waals surface area (Å²) in [6.07, 6.45) is 1.70. The van der Waals surface area contributed by atoms with Crippen LogP contribution in [0.2, 0.25) is 0 Å². The molecule has 0 spiro atoms. The van der Waals surface area contributed by atoms with E-state index in [1.807, 2.05) is 24.3 Å². The molecule has 0 unspecified atom stereocenters. The third-order valence-electron chi connectivity index (χ3n) is 1.33. The van der Waals surface area contributed by atoms with E-state index in [1.165, 1.54) is 0 Å². The fourth-order valence-corrected chi connectivity index (χ4v) is 0.880. The number of H-pyrrole nitrogens is 1. The summed E-state index contributed by atoms with van der Waals surface area (Å²) in [4.78, 5) is 15.1. The Morgan fingerprint density at radius 2 is 2.00 bits per heavy atom. The number of nitrogens with one attached hydrogen (secondary N) is 1. The fraction of sp³-hybridized carbons (Fsp3) is 0. The summed E-state index contributed by atoms with van der Waals surface area (Å²) in [5.41, 5.74) is 2.12. The molecular weight excluding hydrogens is 181 g/mol. The molecule has 0 aliphatic carbocycles. The molecule has 0 radical (unpaired) electrons. The second kappa shape index (κ2) is 6.59. The van der Waals surface area contributed by atoms with Crippen LogP contribution in [0, 0.1) is 10.1 Å².